The van der Waals surface area contributed by atoms with Crippen molar-refractivity contribution in [3.8, 4) is 0 Å². The predicted molar refractivity (Wildman–Crippen MR) is 159 cm³/mol. The molecule has 0 spiro atoms. The van der Waals surface area contributed by atoms with Gasteiger partial charge in [0, 0.05) is 13.2 Å². The molecule has 0 atom stereocenters. The minimum atomic E-state index is 0.194. The van der Waals surface area contributed by atoms with E-state index in [-0.39, 0.29) is 13.1 Å². The molecule has 0 saturated heterocycles. The van der Waals surface area contributed by atoms with Crippen molar-refractivity contribution in [2.45, 2.75) is 83.1 Å². The van der Waals surface area contributed by atoms with Crippen LogP contribution in [0.15, 0.2) is 16.2 Å². The number of imidazole rings is 1. The van der Waals surface area contributed by atoms with Crippen LogP contribution < -0.4 is 0 Å². The average Bonchev–Trinajstić information content (AvgIpc) is 3.26. The van der Waals surface area contributed by atoms with Crippen molar-refractivity contribution in [2.75, 3.05) is 0 Å². The zero-order valence-corrected chi connectivity index (χ0v) is 27.1. The molecule has 7 heteroatoms. The van der Waals surface area contributed by atoms with Crippen LogP contribution in [0.4, 0.5) is 11.4 Å². The number of aryl methyl sites for hydroxylation is 1. The van der Waals surface area contributed by atoms with Crippen molar-refractivity contribution >= 4 is 43.0 Å². The van der Waals surface area contributed by atoms with Gasteiger partial charge < -0.3 is 4.57 Å². The topological polar surface area (TPSA) is 42.5 Å². The van der Waals surface area contributed by atoms with Crippen LogP contribution in [0.1, 0.15) is 81.0 Å². The van der Waals surface area contributed by atoms with Gasteiger partial charge in [0.05, 0.1) is 22.8 Å². The average molecular weight is 583 g/mol. The number of halogens is 2. The van der Waals surface area contributed by atoms with E-state index in [1.54, 1.807) is 0 Å². The first-order chi connectivity index (χ1) is 17.2. The second kappa shape index (κ2) is 12.8. The summed E-state index contributed by atoms with van der Waals surface area (Å²) in [6.45, 7) is 25.9. The van der Waals surface area contributed by atoms with E-state index in [2.05, 4.69) is 80.0 Å². The molecular formula is C30H40Cl2FeN4. The summed E-state index contributed by atoms with van der Waals surface area (Å²) in [4.78, 5) is 15.1. The van der Waals surface area contributed by atoms with Crippen molar-refractivity contribution in [3.05, 3.63) is 73.3 Å². The number of nitrogens with zero attached hydrogens (tertiary/aromatic N) is 4. The molecule has 4 nitrogen and oxygen atoms in total. The van der Waals surface area contributed by atoms with Crippen LogP contribution in [-0.2, 0) is 20.2 Å². The van der Waals surface area contributed by atoms with Crippen LogP contribution in [0.5, 0.6) is 0 Å². The Bertz CT molecular complexity index is 1340. The van der Waals surface area contributed by atoms with E-state index in [1.165, 1.54) is 55.6 Å². The molecule has 0 saturated carbocycles. The van der Waals surface area contributed by atoms with E-state index in [4.69, 9.17) is 35.2 Å². The Morgan fingerprint density at radius 2 is 0.919 bits per heavy atom. The first-order valence-corrected chi connectivity index (χ1v) is 15.4. The SMILES string of the molecule is CC(=Nc1c(C)c(C)c(C)c(C)c1C)c1cn(C)c(C(C)=Nc2c(C)c(C)c(C)c(C)c2C)n1.[Cl][Fe][Cl]. The van der Waals surface area contributed by atoms with Gasteiger partial charge in [0.2, 0.25) is 0 Å². The molecule has 0 unspecified atom stereocenters. The normalized spacial score (nSPS) is 12.2. The van der Waals surface area contributed by atoms with Crippen LogP contribution >= 0.6 is 20.2 Å². The van der Waals surface area contributed by atoms with Gasteiger partial charge in [0.25, 0.3) is 0 Å². The summed E-state index contributed by atoms with van der Waals surface area (Å²) in [5, 5.41) is 0. The summed E-state index contributed by atoms with van der Waals surface area (Å²) < 4.78 is 2.05. The Hall–Kier alpha value is -1.91. The van der Waals surface area contributed by atoms with Gasteiger partial charge >= 0.3 is 33.3 Å². The minimum absolute atomic E-state index is 0.194. The van der Waals surface area contributed by atoms with Crippen LogP contribution in [0.25, 0.3) is 0 Å². The molecule has 0 aliphatic rings. The number of hydrogen-bond acceptors (Lipinski definition) is 3. The van der Waals surface area contributed by atoms with E-state index < -0.39 is 0 Å². The molecule has 0 fully saturated rings. The maximum absolute atomic E-state index is 5.06. The van der Waals surface area contributed by atoms with Gasteiger partial charge in [-0.1, -0.05) is 0 Å². The molecule has 0 bridgehead atoms. The third kappa shape index (κ3) is 6.39. The fraction of sp³-hybridized carbons (Fsp3) is 0.433. The molecule has 0 N–H and O–H groups in total. The van der Waals surface area contributed by atoms with Crippen molar-refractivity contribution < 1.29 is 13.1 Å². The van der Waals surface area contributed by atoms with Crippen LogP contribution in [0.2, 0.25) is 0 Å². The number of benzene rings is 2. The molecule has 0 aliphatic carbocycles. The third-order valence-corrected chi connectivity index (χ3v) is 8.05. The number of hydrogen-bond donors (Lipinski definition) is 0. The second-order valence-corrected chi connectivity index (χ2v) is 11.8. The fourth-order valence-corrected chi connectivity index (χ4v) is 4.72. The molecule has 3 aromatic rings. The van der Waals surface area contributed by atoms with Gasteiger partial charge in [-0.2, -0.15) is 0 Å². The zero-order chi connectivity index (χ0) is 28.4. The Labute approximate surface area is 238 Å². The Kier molecular flexibility index (Phi) is 10.8. The second-order valence-electron chi connectivity index (χ2n) is 9.95. The number of rotatable bonds is 4. The molecule has 2 aromatic carbocycles. The van der Waals surface area contributed by atoms with Gasteiger partial charge in [0.1, 0.15) is 5.69 Å². The fourth-order valence-electron chi connectivity index (χ4n) is 4.72. The standard InChI is InChI=1S/C30H40N4.2ClH.Fe/c1-15-17(3)21(7)28(22(8)18(15)4)31-25(11)27-14-34(13)30(33-27)26(12)32-29-23(9)19(5)16(2)20(6)24(29)10;;;/h14H,1-13H3;2*1H;/q;;;+2/p-2. The van der Waals surface area contributed by atoms with Gasteiger partial charge in [-0.05, 0) is 139 Å². The van der Waals surface area contributed by atoms with Gasteiger partial charge in [-0.3, -0.25) is 4.99 Å². The summed E-state index contributed by atoms with van der Waals surface area (Å²) in [5.41, 5.74) is 17.7. The van der Waals surface area contributed by atoms with Crippen molar-refractivity contribution in [2.24, 2.45) is 17.0 Å². The van der Waals surface area contributed by atoms with E-state index in [0.29, 0.717) is 0 Å². The molecule has 0 radical (unpaired) electrons. The van der Waals surface area contributed by atoms with Crippen molar-refractivity contribution in [3.63, 3.8) is 0 Å². The summed E-state index contributed by atoms with van der Waals surface area (Å²) in [7, 11) is 11.6. The molecule has 0 aliphatic heterocycles. The third-order valence-electron chi connectivity index (χ3n) is 8.05. The summed E-state index contributed by atoms with van der Waals surface area (Å²) in [6, 6.07) is 0. The van der Waals surface area contributed by atoms with Gasteiger partial charge in [0.15, 0.2) is 5.82 Å². The van der Waals surface area contributed by atoms with E-state index in [9.17, 15) is 0 Å². The monoisotopic (exact) mass is 582 g/mol. The first kappa shape index (κ1) is 31.3. The van der Waals surface area contributed by atoms with Crippen LogP contribution in [0.3, 0.4) is 0 Å². The number of aliphatic imine (C=N–C) groups is 2. The van der Waals surface area contributed by atoms with E-state index in [1.807, 2.05) is 20.9 Å². The summed E-state index contributed by atoms with van der Waals surface area (Å²) in [6.07, 6.45) is 2.05. The summed E-state index contributed by atoms with van der Waals surface area (Å²) >= 11 is 0.194. The molecule has 1 heterocycles. The van der Waals surface area contributed by atoms with Crippen LogP contribution in [0, 0.1) is 69.2 Å². The Morgan fingerprint density at radius 3 is 1.27 bits per heavy atom. The summed E-state index contributed by atoms with van der Waals surface area (Å²) in [5.74, 6) is 0.865. The molecular weight excluding hydrogens is 543 g/mol. The van der Waals surface area contributed by atoms with Crippen LogP contribution in [-0.4, -0.2) is 21.0 Å². The maximum atomic E-state index is 5.06. The van der Waals surface area contributed by atoms with Crippen molar-refractivity contribution in [1.82, 2.24) is 9.55 Å². The number of aromatic nitrogens is 2. The molecule has 3 rings (SSSR count). The molecule has 0 amide bonds. The van der Waals surface area contributed by atoms with Gasteiger partial charge in [-0.25, -0.2) is 9.98 Å². The zero-order valence-electron chi connectivity index (χ0n) is 24.5. The Balaban J connectivity index is 0.00000153. The molecule has 37 heavy (non-hydrogen) atoms. The predicted octanol–water partition coefficient (Wildman–Crippen LogP) is 9.16. The molecule has 202 valence electrons. The Morgan fingerprint density at radius 1 is 0.622 bits per heavy atom. The first-order valence-electron chi connectivity index (χ1n) is 12.3. The molecule has 1 aromatic heterocycles. The van der Waals surface area contributed by atoms with Gasteiger partial charge in [-0.15, -0.1) is 0 Å². The quantitative estimate of drug-likeness (QED) is 0.223. The van der Waals surface area contributed by atoms with E-state index >= 15 is 0 Å². The van der Waals surface area contributed by atoms with E-state index in [0.717, 1.165) is 34.3 Å². The van der Waals surface area contributed by atoms with Crippen molar-refractivity contribution in [1.29, 1.82) is 0 Å².